The fourth-order valence-corrected chi connectivity index (χ4v) is 9.06. The average molecular weight is 858 g/mol. The molecule has 1 aliphatic rings. The highest BCUT2D eigenvalue weighted by Gasteiger charge is 2.51. The molecule has 324 valence electrons. The van der Waals surface area contributed by atoms with Crippen LogP contribution < -0.4 is 20.3 Å². The third kappa shape index (κ3) is 9.78. The van der Waals surface area contributed by atoms with E-state index < -0.39 is 50.2 Å². The summed E-state index contributed by atoms with van der Waals surface area (Å²) in [5.41, 5.74) is 0.280. The predicted octanol–water partition coefficient (Wildman–Crippen LogP) is 7.64. The standard InChI is InChI=1S/C44H53FN7O8P/c1-27(2)40(53)49-43-48-39-37(41(54)50-43)47-26-51(39)42-36(45)38(60-61(58-24-12-23-46)52(28(3)4)29(5)6)35(59-42)25-57-44(30-13-10-9-11-14-30,31-15-19-33(55-7)20-16-31)32-17-21-34(56-8)22-18-32/h9-11,13-22,26-29,35-36,38,42H,12,24-25H2,1-8H3,(H2,48,49,50,53,54). The van der Waals surface area contributed by atoms with E-state index in [0.29, 0.717) is 11.5 Å². The zero-order valence-corrected chi connectivity index (χ0v) is 36.5. The van der Waals surface area contributed by atoms with Gasteiger partial charge in [0, 0.05) is 18.0 Å². The second-order valence-electron chi connectivity index (χ2n) is 15.3. The molecule has 0 aliphatic carbocycles. The summed E-state index contributed by atoms with van der Waals surface area (Å²) >= 11 is 0. The zero-order valence-electron chi connectivity index (χ0n) is 35.6. The Morgan fingerprint density at radius 1 is 0.967 bits per heavy atom. The number of aromatic amines is 1. The van der Waals surface area contributed by atoms with Crippen LogP contribution in [-0.2, 0) is 28.9 Å². The number of nitrogens with zero attached hydrogens (tertiary/aromatic N) is 5. The van der Waals surface area contributed by atoms with Crippen LogP contribution >= 0.6 is 8.53 Å². The van der Waals surface area contributed by atoms with E-state index in [1.165, 1.54) is 10.9 Å². The number of nitriles is 1. The summed E-state index contributed by atoms with van der Waals surface area (Å²) in [6.07, 6.45) is -4.32. The number of amides is 1. The number of fused-ring (bicyclic) bond motifs is 1. The van der Waals surface area contributed by atoms with Crippen molar-refractivity contribution in [2.24, 2.45) is 5.92 Å². The Labute approximate surface area is 356 Å². The van der Waals surface area contributed by atoms with E-state index in [-0.39, 0.29) is 54.7 Å². The van der Waals surface area contributed by atoms with Crippen molar-refractivity contribution >= 4 is 31.5 Å². The number of methoxy groups -OCH3 is 2. The SMILES string of the molecule is COc1ccc(C(OCC2OC(n3cnc4c(=O)[nH]c(NC(=O)C(C)C)nc43)C(F)C2OP(OCCC#N)N(C(C)C)C(C)C)(c2ccccc2)c2ccc(OC)cc2)cc1. The van der Waals surface area contributed by atoms with E-state index in [2.05, 4.69) is 26.3 Å². The topological polar surface area (TPSA) is 175 Å². The molecule has 2 N–H and O–H groups in total. The molecule has 1 amide bonds. The maximum atomic E-state index is 17.6. The third-order valence-corrected chi connectivity index (χ3v) is 12.4. The Balaban J connectivity index is 1.48. The number of rotatable bonds is 19. The van der Waals surface area contributed by atoms with Crippen molar-refractivity contribution in [3.8, 4) is 17.6 Å². The molecule has 3 heterocycles. The van der Waals surface area contributed by atoms with Crippen molar-refractivity contribution in [2.45, 2.75) is 90.3 Å². The van der Waals surface area contributed by atoms with Crippen molar-refractivity contribution in [3.63, 3.8) is 0 Å². The first-order valence-corrected chi connectivity index (χ1v) is 21.3. The Bertz CT molecular complexity index is 2260. The van der Waals surface area contributed by atoms with Gasteiger partial charge >= 0.3 is 0 Å². The molecule has 5 atom stereocenters. The van der Waals surface area contributed by atoms with Crippen LogP contribution in [0, 0.1) is 17.2 Å². The van der Waals surface area contributed by atoms with Crippen molar-refractivity contribution in [1.29, 1.82) is 5.26 Å². The largest absolute Gasteiger partial charge is 0.497 e. The molecule has 0 bridgehead atoms. The molecule has 17 heteroatoms. The lowest BCUT2D eigenvalue weighted by Gasteiger charge is -2.39. The molecule has 1 fully saturated rings. The molecule has 0 spiro atoms. The lowest BCUT2D eigenvalue weighted by atomic mass is 9.80. The fourth-order valence-electron chi connectivity index (χ4n) is 7.29. The highest BCUT2D eigenvalue weighted by atomic mass is 31.2. The monoisotopic (exact) mass is 857 g/mol. The summed E-state index contributed by atoms with van der Waals surface area (Å²) in [5.74, 6) is 0.392. The number of ether oxygens (including phenoxy) is 4. The Morgan fingerprint density at radius 2 is 1.56 bits per heavy atom. The van der Waals surface area contributed by atoms with E-state index in [1.54, 1.807) is 28.1 Å². The predicted molar refractivity (Wildman–Crippen MR) is 229 cm³/mol. The summed E-state index contributed by atoms with van der Waals surface area (Å²) in [6, 6.07) is 26.7. The van der Waals surface area contributed by atoms with E-state index in [4.69, 9.17) is 28.0 Å². The van der Waals surface area contributed by atoms with Gasteiger partial charge in [-0.15, -0.1) is 0 Å². The second-order valence-corrected chi connectivity index (χ2v) is 16.7. The Hall–Kier alpha value is -5.27. The number of nitrogens with one attached hydrogen (secondary N) is 2. The van der Waals surface area contributed by atoms with Gasteiger partial charge in [-0.1, -0.05) is 68.4 Å². The maximum absolute atomic E-state index is 17.6. The van der Waals surface area contributed by atoms with Gasteiger partial charge in [-0.2, -0.15) is 10.2 Å². The van der Waals surface area contributed by atoms with Crippen molar-refractivity contribution < 1.29 is 37.2 Å². The van der Waals surface area contributed by atoms with E-state index >= 15 is 4.39 Å². The Morgan fingerprint density at radius 3 is 2.10 bits per heavy atom. The van der Waals surface area contributed by atoms with Crippen molar-refractivity contribution in [3.05, 3.63) is 112 Å². The molecular weight excluding hydrogens is 804 g/mol. The quantitative estimate of drug-likeness (QED) is 0.0473. The number of hydrogen-bond acceptors (Lipinski definition) is 12. The van der Waals surface area contributed by atoms with Gasteiger partial charge in [-0.3, -0.25) is 24.5 Å². The van der Waals surface area contributed by atoms with Gasteiger partial charge in [-0.05, 0) is 68.7 Å². The molecule has 5 aromatic rings. The number of anilines is 1. The number of H-pyrrole nitrogens is 1. The van der Waals surface area contributed by atoms with Crippen molar-refractivity contribution in [2.75, 3.05) is 32.8 Å². The molecule has 0 saturated carbocycles. The minimum atomic E-state index is -1.96. The van der Waals surface area contributed by atoms with Gasteiger partial charge in [0.25, 0.3) is 14.1 Å². The van der Waals surface area contributed by atoms with Crippen LogP contribution in [0.3, 0.4) is 0 Å². The number of halogens is 1. The van der Waals surface area contributed by atoms with Crippen LogP contribution in [0.1, 0.15) is 70.9 Å². The van der Waals surface area contributed by atoms with E-state index in [0.717, 1.165) is 16.7 Å². The minimum absolute atomic E-state index is 0.00982. The number of aromatic nitrogens is 4. The van der Waals surface area contributed by atoms with Crippen LogP contribution in [0.4, 0.5) is 10.3 Å². The summed E-state index contributed by atoms with van der Waals surface area (Å²) in [7, 11) is 1.23. The van der Waals surface area contributed by atoms with E-state index in [1.807, 2.05) is 111 Å². The summed E-state index contributed by atoms with van der Waals surface area (Å²) in [5, 5.41) is 12.0. The molecule has 0 radical (unpaired) electrons. The lowest BCUT2D eigenvalue weighted by molar-refractivity contribution is -0.118. The number of alkyl halides is 1. The molecule has 6 rings (SSSR count). The van der Waals surface area contributed by atoms with Gasteiger partial charge < -0.3 is 28.0 Å². The first kappa shape index (κ1) is 45.3. The number of imidazole rings is 1. The highest BCUT2D eigenvalue weighted by Crippen LogP contribution is 2.51. The average Bonchev–Trinajstić information content (AvgIpc) is 3.81. The molecule has 15 nitrogen and oxygen atoms in total. The molecule has 61 heavy (non-hydrogen) atoms. The van der Waals surface area contributed by atoms with Crippen molar-refractivity contribution in [1.82, 2.24) is 24.2 Å². The zero-order chi connectivity index (χ0) is 43.8. The summed E-state index contributed by atoms with van der Waals surface area (Å²) < 4.78 is 58.8. The van der Waals surface area contributed by atoms with Gasteiger partial charge in [0.05, 0.1) is 46.3 Å². The van der Waals surface area contributed by atoms with Gasteiger partial charge in [0.1, 0.15) is 29.3 Å². The molecule has 3 aromatic carbocycles. The summed E-state index contributed by atoms with van der Waals surface area (Å²) in [6.45, 7) is 11.2. The first-order valence-electron chi connectivity index (χ1n) is 20.1. The first-order chi connectivity index (χ1) is 29.3. The normalized spacial score (nSPS) is 18.6. The molecule has 5 unspecified atom stereocenters. The van der Waals surface area contributed by atoms with Crippen LogP contribution in [0.5, 0.6) is 11.5 Å². The molecule has 1 aliphatic heterocycles. The van der Waals surface area contributed by atoms with E-state index in [9.17, 15) is 14.9 Å². The number of benzene rings is 3. The van der Waals surface area contributed by atoms with Crippen LogP contribution in [0.15, 0.2) is 90.0 Å². The number of hydrogen-bond donors (Lipinski definition) is 2. The van der Waals surface area contributed by atoms with Crippen LogP contribution in [0.25, 0.3) is 11.2 Å². The maximum Gasteiger partial charge on any atom is 0.280 e. The van der Waals surface area contributed by atoms with Gasteiger partial charge in [0.15, 0.2) is 23.6 Å². The molecule has 2 aromatic heterocycles. The Kier molecular flexibility index (Phi) is 14.9. The van der Waals surface area contributed by atoms with Gasteiger partial charge in [0.2, 0.25) is 11.9 Å². The lowest BCUT2D eigenvalue weighted by Crippen LogP contribution is -2.41. The second kappa shape index (κ2) is 20.1. The molecule has 1 saturated heterocycles. The number of carbonyl (C=O) groups is 1. The molecular formula is C44H53FN7O8P. The third-order valence-electron chi connectivity index (χ3n) is 10.3. The fraction of sp³-hybridized carbons (Fsp3) is 0.432. The highest BCUT2D eigenvalue weighted by molar-refractivity contribution is 7.44. The van der Waals surface area contributed by atoms with Crippen LogP contribution in [-0.4, -0.2) is 88.0 Å². The number of carbonyl (C=O) groups excluding carboxylic acids is 1. The van der Waals surface area contributed by atoms with Gasteiger partial charge in [-0.25, -0.2) is 14.0 Å². The minimum Gasteiger partial charge on any atom is -0.497 e. The summed E-state index contributed by atoms with van der Waals surface area (Å²) in [4.78, 5) is 37.1. The smallest absolute Gasteiger partial charge is 0.280 e. The van der Waals surface area contributed by atoms with Crippen LogP contribution in [0.2, 0.25) is 0 Å².